The zero-order valence-corrected chi connectivity index (χ0v) is 16.9. The maximum absolute atomic E-state index is 12.4. The van der Waals surface area contributed by atoms with Gasteiger partial charge in [0.2, 0.25) is 12.7 Å². The van der Waals surface area contributed by atoms with Crippen LogP contribution in [0.4, 0.5) is 5.69 Å². The van der Waals surface area contributed by atoms with Crippen molar-refractivity contribution in [1.82, 2.24) is 9.88 Å². The van der Waals surface area contributed by atoms with Crippen LogP contribution in [0.3, 0.4) is 0 Å². The summed E-state index contributed by atoms with van der Waals surface area (Å²) in [5.74, 6) is 0.799. The lowest BCUT2D eigenvalue weighted by Crippen LogP contribution is -2.27. The molecule has 2 aromatic carbocycles. The molecule has 0 atom stereocenters. The number of amides is 2. The highest BCUT2D eigenvalue weighted by Crippen LogP contribution is 2.32. The van der Waals surface area contributed by atoms with E-state index >= 15 is 0 Å². The topological polar surface area (TPSA) is 98.7 Å². The molecule has 1 aliphatic rings. The lowest BCUT2D eigenvalue weighted by Gasteiger charge is -2.09. The van der Waals surface area contributed by atoms with Gasteiger partial charge in [-0.25, -0.2) is 0 Å². The summed E-state index contributed by atoms with van der Waals surface area (Å²) in [7, 11) is 0. The van der Waals surface area contributed by atoms with Gasteiger partial charge in [-0.05, 0) is 60.5 Å². The SMILES string of the molecule is Cc1ccn(CC(=O)Nc2ccc(C(=O)NCc3ccc4c(c3)OCO4)cc2)c(=O)c1. The van der Waals surface area contributed by atoms with Crippen LogP contribution in [0, 0.1) is 6.92 Å². The molecule has 4 rings (SSSR count). The molecule has 0 saturated heterocycles. The van der Waals surface area contributed by atoms with Gasteiger partial charge in [-0.15, -0.1) is 0 Å². The molecule has 0 spiro atoms. The number of anilines is 1. The molecule has 31 heavy (non-hydrogen) atoms. The number of aryl methyl sites for hydroxylation is 1. The van der Waals surface area contributed by atoms with Crippen LogP contribution >= 0.6 is 0 Å². The van der Waals surface area contributed by atoms with Crippen molar-refractivity contribution in [1.29, 1.82) is 0 Å². The van der Waals surface area contributed by atoms with Crippen molar-refractivity contribution in [2.24, 2.45) is 0 Å². The Hall–Kier alpha value is -4.07. The fraction of sp³-hybridized carbons (Fsp3) is 0.174. The Morgan fingerprint density at radius 1 is 1.00 bits per heavy atom. The third-order valence-corrected chi connectivity index (χ3v) is 4.79. The number of hydrogen-bond donors (Lipinski definition) is 2. The second-order valence-corrected chi connectivity index (χ2v) is 7.17. The fourth-order valence-electron chi connectivity index (χ4n) is 3.13. The molecule has 3 aromatic rings. The number of ether oxygens (including phenoxy) is 2. The average molecular weight is 419 g/mol. The van der Waals surface area contributed by atoms with Gasteiger partial charge in [0.1, 0.15) is 6.54 Å². The van der Waals surface area contributed by atoms with E-state index in [4.69, 9.17) is 9.47 Å². The number of nitrogens with one attached hydrogen (secondary N) is 2. The molecule has 0 bridgehead atoms. The molecular weight excluding hydrogens is 398 g/mol. The minimum Gasteiger partial charge on any atom is -0.454 e. The highest BCUT2D eigenvalue weighted by Gasteiger charge is 2.14. The Balaban J connectivity index is 1.31. The molecule has 2 amide bonds. The number of pyridine rings is 1. The molecular formula is C23H21N3O5. The average Bonchev–Trinajstić information content (AvgIpc) is 3.22. The molecule has 8 heteroatoms. The zero-order chi connectivity index (χ0) is 21.8. The van der Waals surface area contributed by atoms with Gasteiger partial charge in [0.25, 0.3) is 11.5 Å². The van der Waals surface area contributed by atoms with Crippen LogP contribution in [0.1, 0.15) is 21.5 Å². The van der Waals surface area contributed by atoms with Crippen molar-refractivity contribution >= 4 is 17.5 Å². The molecule has 0 fully saturated rings. The van der Waals surface area contributed by atoms with Gasteiger partial charge in [-0.1, -0.05) is 6.07 Å². The second-order valence-electron chi connectivity index (χ2n) is 7.17. The van der Waals surface area contributed by atoms with E-state index < -0.39 is 0 Å². The Kier molecular flexibility index (Phi) is 5.70. The van der Waals surface area contributed by atoms with E-state index in [0.29, 0.717) is 29.3 Å². The normalized spacial score (nSPS) is 11.8. The lowest BCUT2D eigenvalue weighted by molar-refractivity contribution is -0.116. The van der Waals surface area contributed by atoms with Crippen molar-refractivity contribution in [2.45, 2.75) is 20.0 Å². The van der Waals surface area contributed by atoms with Crippen LogP contribution < -0.4 is 25.7 Å². The number of fused-ring (bicyclic) bond motifs is 1. The number of carbonyl (C=O) groups excluding carboxylic acids is 2. The van der Waals surface area contributed by atoms with Gasteiger partial charge < -0.3 is 24.7 Å². The molecule has 2 N–H and O–H groups in total. The molecule has 158 valence electrons. The first-order valence-corrected chi connectivity index (χ1v) is 9.72. The number of hydrogen-bond acceptors (Lipinski definition) is 5. The van der Waals surface area contributed by atoms with Crippen molar-refractivity contribution in [3.63, 3.8) is 0 Å². The van der Waals surface area contributed by atoms with E-state index in [0.717, 1.165) is 11.1 Å². The number of benzene rings is 2. The van der Waals surface area contributed by atoms with Crippen LogP contribution in [0.25, 0.3) is 0 Å². The van der Waals surface area contributed by atoms with Crippen LogP contribution in [-0.4, -0.2) is 23.2 Å². The standard InChI is InChI=1S/C23H21N3O5/c1-15-8-9-26(22(28)10-15)13-21(27)25-18-5-3-17(4-6-18)23(29)24-12-16-2-7-19-20(11-16)31-14-30-19/h2-11H,12-14H2,1H3,(H,24,29)(H,25,27). The summed E-state index contributed by atoms with van der Waals surface area (Å²) >= 11 is 0. The maximum atomic E-state index is 12.4. The third kappa shape index (κ3) is 4.92. The predicted molar refractivity (Wildman–Crippen MR) is 114 cm³/mol. The summed E-state index contributed by atoms with van der Waals surface area (Å²) in [6.45, 7) is 2.28. The first-order chi connectivity index (χ1) is 15.0. The molecule has 8 nitrogen and oxygen atoms in total. The van der Waals surface area contributed by atoms with E-state index in [2.05, 4.69) is 10.6 Å². The fourth-order valence-corrected chi connectivity index (χ4v) is 3.13. The lowest BCUT2D eigenvalue weighted by atomic mass is 10.1. The summed E-state index contributed by atoms with van der Waals surface area (Å²) in [4.78, 5) is 36.5. The Labute approximate surface area is 178 Å². The summed E-state index contributed by atoms with van der Waals surface area (Å²) in [6.07, 6.45) is 1.59. The van der Waals surface area contributed by atoms with Crippen molar-refractivity contribution < 1.29 is 19.1 Å². The van der Waals surface area contributed by atoms with E-state index in [9.17, 15) is 14.4 Å². The minimum absolute atomic E-state index is 0.0864. The van der Waals surface area contributed by atoms with Gasteiger partial charge >= 0.3 is 0 Å². The number of carbonyl (C=O) groups is 2. The van der Waals surface area contributed by atoms with Crippen molar-refractivity contribution in [3.05, 3.63) is 87.8 Å². The van der Waals surface area contributed by atoms with Crippen molar-refractivity contribution in [2.75, 3.05) is 12.1 Å². The quantitative estimate of drug-likeness (QED) is 0.640. The molecule has 2 heterocycles. The predicted octanol–water partition coefficient (Wildman–Crippen LogP) is 2.45. The van der Waals surface area contributed by atoms with E-state index in [1.165, 1.54) is 10.6 Å². The molecule has 0 saturated carbocycles. The molecule has 0 aliphatic carbocycles. The molecule has 0 unspecified atom stereocenters. The number of aromatic nitrogens is 1. The first-order valence-electron chi connectivity index (χ1n) is 9.72. The zero-order valence-electron chi connectivity index (χ0n) is 16.9. The molecule has 1 aliphatic heterocycles. The molecule has 1 aromatic heterocycles. The number of rotatable bonds is 6. The van der Waals surface area contributed by atoms with Crippen LogP contribution in [0.15, 0.2) is 65.6 Å². The van der Waals surface area contributed by atoms with Gasteiger partial charge in [-0.3, -0.25) is 14.4 Å². The summed E-state index contributed by atoms with van der Waals surface area (Å²) < 4.78 is 11.9. The third-order valence-electron chi connectivity index (χ3n) is 4.79. The Morgan fingerprint density at radius 3 is 2.55 bits per heavy atom. The second kappa shape index (κ2) is 8.74. The van der Waals surface area contributed by atoms with E-state index in [1.807, 2.05) is 25.1 Å². The Bertz CT molecular complexity index is 1180. The van der Waals surface area contributed by atoms with Gasteiger partial charge in [-0.2, -0.15) is 0 Å². The highest BCUT2D eigenvalue weighted by atomic mass is 16.7. The first kappa shape index (κ1) is 20.2. The van der Waals surface area contributed by atoms with Gasteiger partial charge in [0.05, 0.1) is 0 Å². The Morgan fingerprint density at radius 2 is 1.77 bits per heavy atom. The number of nitrogens with zero attached hydrogens (tertiary/aromatic N) is 1. The summed E-state index contributed by atoms with van der Waals surface area (Å²) in [6, 6.07) is 15.3. The van der Waals surface area contributed by atoms with Crippen LogP contribution in [-0.2, 0) is 17.9 Å². The summed E-state index contributed by atoms with van der Waals surface area (Å²) in [5.41, 5.74) is 2.51. The van der Waals surface area contributed by atoms with Crippen molar-refractivity contribution in [3.8, 4) is 11.5 Å². The monoisotopic (exact) mass is 419 g/mol. The maximum Gasteiger partial charge on any atom is 0.251 e. The minimum atomic E-state index is -0.328. The molecule has 0 radical (unpaired) electrons. The van der Waals surface area contributed by atoms with E-state index in [1.54, 1.807) is 36.5 Å². The largest absolute Gasteiger partial charge is 0.454 e. The highest BCUT2D eigenvalue weighted by molar-refractivity contribution is 5.95. The smallest absolute Gasteiger partial charge is 0.251 e. The van der Waals surface area contributed by atoms with E-state index in [-0.39, 0.29) is 30.7 Å². The van der Waals surface area contributed by atoms with Gasteiger partial charge in [0, 0.05) is 30.1 Å². The van der Waals surface area contributed by atoms with Crippen LogP contribution in [0.2, 0.25) is 0 Å². The summed E-state index contributed by atoms with van der Waals surface area (Å²) in [5, 5.41) is 5.57. The van der Waals surface area contributed by atoms with Crippen LogP contribution in [0.5, 0.6) is 11.5 Å². The van der Waals surface area contributed by atoms with Gasteiger partial charge in [0.15, 0.2) is 11.5 Å².